The van der Waals surface area contributed by atoms with Gasteiger partial charge in [-0.05, 0) is 63.6 Å². The third-order valence-corrected chi connectivity index (χ3v) is 6.85. The summed E-state index contributed by atoms with van der Waals surface area (Å²) in [5.74, 6) is -0.907. The standard InChI is InChI=1S/C23H28BrCl2N3O4S/c1-15(22(31)27-23(2,3)4)28(13-16-6-8-17(24)9-7-16)21(30)14-29(34(5,32)33)20-11-18(25)10-19(26)12-20/h6-12,15H,13-14H2,1-5H3,(H,27,31). The lowest BCUT2D eigenvalue weighted by Gasteiger charge is -2.33. The summed E-state index contributed by atoms with van der Waals surface area (Å²) < 4.78 is 27.0. The fraction of sp³-hybridized carbons (Fsp3) is 0.391. The molecule has 0 fully saturated rings. The number of hydrogen-bond acceptors (Lipinski definition) is 4. The first kappa shape index (κ1) is 28.4. The van der Waals surface area contributed by atoms with Gasteiger partial charge in [-0.3, -0.25) is 13.9 Å². The molecule has 186 valence electrons. The average Bonchev–Trinajstić information content (AvgIpc) is 2.68. The lowest BCUT2D eigenvalue weighted by molar-refractivity contribution is -0.140. The minimum absolute atomic E-state index is 0.110. The Morgan fingerprint density at radius 3 is 2.06 bits per heavy atom. The molecule has 0 aliphatic rings. The van der Waals surface area contributed by atoms with E-state index in [0.29, 0.717) is 0 Å². The summed E-state index contributed by atoms with van der Waals surface area (Å²) in [6.45, 7) is 6.71. The molecule has 1 unspecified atom stereocenters. The van der Waals surface area contributed by atoms with Gasteiger partial charge in [-0.2, -0.15) is 0 Å². The van der Waals surface area contributed by atoms with Gasteiger partial charge in [-0.25, -0.2) is 8.42 Å². The highest BCUT2D eigenvalue weighted by molar-refractivity contribution is 9.10. The number of carbonyl (C=O) groups excluding carboxylic acids is 2. The highest BCUT2D eigenvalue weighted by atomic mass is 79.9. The van der Waals surface area contributed by atoms with E-state index in [4.69, 9.17) is 23.2 Å². The van der Waals surface area contributed by atoms with E-state index in [0.717, 1.165) is 20.6 Å². The van der Waals surface area contributed by atoms with Gasteiger partial charge >= 0.3 is 0 Å². The van der Waals surface area contributed by atoms with Crippen molar-refractivity contribution >= 4 is 66.7 Å². The van der Waals surface area contributed by atoms with Crippen LogP contribution in [0.25, 0.3) is 0 Å². The molecule has 2 aromatic rings. The van der Waals surface area contributed by atoms with Gasteiger partial charge in [-0.15, -0.1) is 0 Å². The van der Waals surface area contributed by atoms with Gasteiger partial charge < -0.3 is 10.2 Å². The van der Waals surface area contributed by atoms with Gasteiger partial charge in [0, 0.05) is 26.6 Å². The van der Waals surface area contributed by atoms with Crippen LogP contribution in [0.1, 0.15) is 33.3 Å². The number of halogens is 3. The third-order valence-electron chi connectivity index (χ3n) is 4.75. The van der Waals surface area contributed by atoms with Crippen LogP contribution in [-0.4, -0.2) is 49.5 Å². The van der Waals surface area contributed by atoms with Crippen molar-refractivity contribution in [3.63, 3.8) is 0 Å². The van der Waals surface area contributed by atoms with E-state index in [-0.39, 0.29) is 28.2 Å². The molecule has 0 radical (unpaired) electrons. The molecule has 1 N–H and O–H groups in total. The number of nitrogens with zero attached hydrogens (tertiary/aromatic N) is 2. The summed E-state index contributed by atoms with van der Waals surface area (Å²) in [5.41, 5.74) is 0.431. The second-order valence-corrected chi connectivity index (χ2v) is 12.7. The zero-order valence-electron chi connectivity index (χ0n) is 19.6. The Kier molecular flexibility index (Phi) is 9.44. The van der Waals surface area contributed by atoms with Crippen LogP contribution in [0.15, 0.2) is 46.9 Å². The lowest BCUT2D eigenvalue weighted by Crippen LogP contribution is -2.54. The zero-order valence-corrected chi connectivity index (χ0v) is 23.5. The maximum atomic E-state index is 13.5. The minimum atomic E-state index is -3.87. The largest absolute Gasteiger partial charge is 0.350 e. The van der Waals surface area contributed by atoms with E-state index in [1.807, 2.05) is 45.0 Å². The van der Waals surface area contributed by atoms with Crippen molar-refractivity contribution in [1.82, 2.24) is 10.2 Å². The summed E-state index contributed by atoms with van der Waals surface area (Å²) >= 11 is 15.5. The number of rotatable bonds is 8. The van der Waals surface area contributed by atoms with Crippen LogP contribution in [-0.2, 0) is 26.2 Å². The summed E-state index contributed by atoms with van der Waals surface area (Å²) in [6, 6.07) is 10.7. The Labute approximate surface area is 219 Å². The molecule has 0 heterocycles. The summed E-state index contributed by atoms with van der Waals surface area (Å²) in [4.78, 5) is 27.8. The van der Waals surface area contributed by atoms with Crippen molar-refractivity contribution in [2.45, 2.75) is 45.8 Å². The molecule has 0 aliphatic heterocycles. The predicted octanol–water partition coefficient (Wildman–Crippen LogP) is 4.85. The SMILES string of the molecule is CC(C(=O)NC(C)(C)C)N(Cc1ccc(Br)cc1)C(=O)CN(c1cc(Cl)cc(Cl)c1)S(C)(=O)=O. The van der Waals surface area contributed by atoms with E-state index in [1.165, 1.54) is 23.1 Å². The molecule has 2 amide bonds. The predicted molar refractivity (Wildman–Crippen MR) is 141 cm³/mol. The number of sulfonamides is 1. The van der Waals surface area contributed by atoms with Crippen LogP contribution in [0.2, 0.25) is 10.0 Å². The molecule has 1 atom stereocenters. The fourth-order valence-corrected chi connectivity index (χ4v) is 4.75. The molecule has 0 saturated carbocycles. The summed E-state index contributed by atoms with van der Waals surface area (Å²) in [6.07, 6.45) is 0.990. The van der Waals surface area contributed by atoms with Gasteiger partial charge in [-0.1, -0.05) is 51.3 Å². The smallest absolute Gasteiger partial charge is 0.244 e. The maximum Gasteiger partial charge on any atom is 0.244 e. The highest BCUT2D eigenvalue weighted by Crippen LogP contribution is 2.27. The van der Waals surface area contributed by atoms with E-state index in [1.54, 1.807) is 6.92 Å². The van der Waals surface area contributed by atoms with Gasteiger partial charge in [0.25, 0.3) is 0 Å². The third kappa shape index (κ3) is 8.45. The molecule has 0 aliphatic carbocycles. The normalized spacial score (nSPS) is 12.7. The number of nitrogens with one attached hydrogen (secondary N) is 1. The Hall–Kier alpha value is -1.81. The molecule has 0 bridgehead atoms. The molecular formula is C23H28BrCl2N3O4S. The van der Waals surface area contributed by atoms with Crippen LogP contribution in [0.5, 0.6) is 0 Å². The lowest BCUT2D eigenvalue weighted by atomic mass is 10.1. The number of hydrogen-bond donors (Lipinski definition) is 1. The molecule has 34 heavy (non-hydrogen) atoms. The Balaban J connectivity index is 2.43. The van der Waals surface area contributed by atoms with E-state index >= 15 is 0 Å². The first-order valence-corrected chi connectivity index (χ1v) is 13.8. The van der Waals surface area contributed by atoms with Crippen LogP contribution < -0.4 is 9.62 Å². The monoisotopic (exact) mass is 591 g/mol. The van der Waals surface area contributed by atoms with Crippen molar-refractivity contribution in [2.75, 3.05) is 17.1 Å². The fourth-order valence-electron chi connectivity index (χ4n) is 3.14. The molecule has 2 aromatic carbocycles. The van der Waals surface area contributed by atoms with E-state index < -0.39 is 34.1 Å². The molecule has 0 aromatic heterocycles. The van der Waals surface area contributed by atoms with Crippen molar-refractivity contribution < 1.29 is 18.0 Å². The van der Waals surface area contributed by atoms with Gasteiger partial charge in [0.1, 0.15) is 12.6 Å². The zero-order chi connectivity index (χ0) is 25.8. The van der Waals surface area contributed by atoms with Crippen molar-refractivity contribution in [3.8, 4) is 0 Å². The van der Waals surface area contributed by atoms with E-state index in [2.05, 4.69) is 21.2 Å². The number of carbonyl (C=O) groups is 2. The minimum Gasteiger partial charge on any atom is -0.350 e. The molecular weight excluding hydrogens is 565 g/mol. The Morgan fingerprint density at radius 2 is 1.59 bits per heavy atom. The molecule has 7 nitrogen and oxygen atoms in total. The topological polar surface area (TPSA) is 86.8 Å². The number of benzene rings is 2. The van der Waals surface area contributed by atoms with Gasteiger partial charge in [0.15, 0.2) is 0 Å². The molecule has 0 saturated heterocycles. The van der Waals surface area contributed by atoms with Crippen molar-refractivity contribution in [3.05, 3.63) is 62.5 Å². The van der Waals surface area contributed by atoms with Gasteiger partial charge in [0.05, 0.1) is 11.9 Å². The van der Waals surface area contributed by atoms with Crippen LogP contribution in [0.3, 0.4) is 0 Å². The second kappa shape index (κ2) is 11.3. The van der Waals surface area contributed by atoms with Crippen molar-refractivity contribution in [2.24, 2.45) is 0 Å². The van der Waals surface area contributed by atoms with E-state index in [9.17, 15) is 18.0 Å². The van der Waals surface area contributed by atoms with Gasteiger partial charge in [0.2, 0.25) is 21.8 Å². The number of anilines is 1. The van der Waals surface area contributed by atoms with Crippen LogP contribution >= 0.6 is 39.1 Å². The molecule has 11 heteroatoms. The average molecular weight is 593 g/mol. The second-order valence-electron chi connectivity index (χ2n) is 8.96. The Morgan fingerprint density at radius 1 is 1.06 bits per heavy atom. The highest BCUT2D eigenvalue weighted by Gasteiger charge is 2.31. The first-order chi connectivity index (χ1) is 15.6. The van der Waals surface area contributed by atoms with Crippen LogP contribution in [0, 0.1) is 0 Å². The molecule has 0 spiro atoms. The quantitative estimate of drug-likeness (QED) is 0.474. The van der Waals surface area contributed by atoms with Crippen molar-refractivity contribution in [1.29, 1.82) is 0 Å². The summed E-state index contributed by atoms with van der Waals surface area (Å²) in [7, 11) is -3.87. The Bertz CT molecular complexity index is 1130. The van der Waals surface area contributed by atoms with Crippen LogP contribution in [0.4, 0.5) is 5.69 Å². The maximum absolute atomic E-state index is 13.5. The first-order valence-electron chi connectivity index (χ1n) is 10.4. The summed E-state index contributed by atoms with van der Waals surface area (Å²) in [5, 5.41) is 3.33. The number of amides is 2. The molecule has 2 rings (SSSR count).